The van der Waals surface area contributed by atoms with Crippen molar-refractivity contribution in [3.05, 3.63) is 71.3 Å². The molecular weight excluding hydrogens is 356 g/mol. The summed E-state index contributed by atoms with van der Waals surface area (Å²) in [5.41, 5.74) is 1.53. The zero-order valence-corrected chi connectivity index (χ0v) is 14.6. The van der Waals surface area contributed by atoms with Crippen molar-refractivity contribution < 1.29 is 14.3 Å². The van der Waals surface area contributed by atoms with Gasteiger partial charge in [-0.3, -0.25) is 4.79 Å². The Kier molecular flexibility index (Phi) is 5.28. The summed E-state index contributed by atoms with van der Waals surface area (Å²) < 4.78 is 6.42. The Morgan fingerprint density at radius 3 is 2.69 bits per heavy atom. The minimum absolute atomic E-state index is 0.00138. The summed E-state index contributed by atoms with van der Waals surface area (Å²) in [5.74, 6) is -0.936. The molecule has 0 saturated heterocycles. The molecule has 0 atom stereocenters. The van der Waals surface area contributed by atoms with E-state index in [-0.39, 0.29) is 12.4 Å². The van der Waals surface area contributed by atoms with Crippen molar-refractivity contribution in [2.75, 3.05) is 11.9 Å². The van der Waals surface area contributed by atoms with Crippen LogP contribution in [-0.2, 0) is 4.74 Å². The molecule has 0 saturated carbocycles. The zero-order valence-electron chi connectivity index (χ0n) is 13.8. The van der Waals surface area contributed by atoms with Gasteiger partial charge in [-0.15, -0.1) is 5.10 Å². The second kappa shape index (κ2) is 7.79. The molecule has 7 nitrogen and oxygen atoms in total. The maximum atomic E-state index is 12.3. The van der Waals surface area contributed by atoms with Gasteiger partial charge in [0.05, 0.1) is 17.9 Å². The number of carbonyl (C=O) groups is 2. The average molecular weight is 371 g/mol. The third kappa shape index (κ3) is 4.07. The minimum Gasteiger partial charge on any atom is -0.462 e. The van der Waals surface area contributed by atoms with Crippen LogP contribution in [0.5, 0.6) is 0 Å². The van der Waals surface area contributed by atoms with Crippen molar-refractivity contribution in [3.63, 3.8) is 0 Å². The summed E-state index contributed by atoms with van der Waals surface area (Å²) >= 11 is 5.86. The number of nitrogens with zero attached hydrogens (tertiary/aromatic N) is 3. The molecule has 8 heteroatoms. The third-order valence-electron chi connectivity index (χ3n) is 3.42. The first kappa shape index (κ1) is 17.6. The van der Waals surface area contributed by atoms with Gasteiger partial charge < -0.3 is 10.1 Å². The van der Waals surface area contributed by atoms with Gasteiger partial charge in [-0.2, -0.15) is 0 Å². The standard InChI is InChI=1S/C18H15ClN4O3/c1-2-26-18(25)12-4-3-5-14(10-12)21-17(24)16-20-11-23(22-16)15-8-6-13(19)7-9-15/h3-11H,2H2,1H3,(H,21,24). The van der Waals surface area contributed by atoms with Gasteiger partial charge in [0.2, 0.25) is 5.82 Å². The highest BCUT2D eigenvalue weighted by molar-refractivity contribution is 6.30. The number of hydrogen-bond acceptors (Lipinski definition) is 5. The van der Waals surface area contributed by atoms with Crippen molar-refractivity contribution in [1.29, 1.82) is 0 Å². The van der Waals surface area contributed by atoms with Crippen LogP contribution in [0.4, 0.5) is 5.69 Å². The molecule has 1 amide bonds. The van der Waals surface area contributed by atoms with Crippen molar-refractivity contribution in [2.24, 2.45) is 0 Å². The van der Waals surface area contributed by atoms with Gasteiger partial charge in [0.1, 0.15) is 6.33 Å². The molecule has 3 rings (SSSR count). The number of hydrogen-bond donors (Lipinski definition) is 1. The highest BCUT2D eigenvalue weighted by atomic mass is 35.5. The van der Waals surface area contributed by atoms with Crippen LogP contribution in [-0.4, -0.2) is 33.2 Å². The maximum Gasteiger partial charge on any atom is 0.338 e. The van der Waals surface area contributed by atoms with E-state index >= 15 is 0 Å². The van der Waals surface area contributed by atoms with Crippen LogP contribution in [0.1, 0.15) is 27.9 Å². The van der Waals surface area contributed by atoms with Crippen molar-refractivity contribution in [2.45, 2.75) is 6.92 Å². The molecule has 0 aliphatic rings. The number of amides is 1. The summed E-state index contributed by atoms with van der Waals surface area (Å²) in [5, 5.41) is 7.42. The lowest BCUT2D eigenvalue weighted by atomic mass is 10.2. The Bertz CT molecular complexity index is 938. The van der Waals surface area contributed by atoms with Crippen molar-refractivity contribution in [1.82, 2.24) is 14.8 Å². The van der Waals surface area contributed by atoms with Crippen LogP contribution >= 0.6 is 11.6 Å². The predicted octanol–water partition coefficient (Wildman–Crippen LogP) is 3.35. The van der Waals surface area contributed by atoms with E-state index in [2.05, 4.69) is 15.4 Å². The zero-order chi connectivity index (χ0) is 18.5. The van der Waals surface area contributed by atoms with Gasteiger partial charge in [0.25, 0.3) is 5.91 Å². The van der Waals surface area contributed by atoms with Crippen LogP contribution < -0.4 is 5.32 Å². The number of ether oxygens (including phenoxy) is 1. The Morgan fingerprint density at radius 2 is 1.96 bits per heavy atom. The average Bonchev–Trinajstić information content (AvgIpc) is 3.13. The molecule has 0 aliphatic heterocycles. The lowest BCUT2D eigenvalue weighted by Crippen LogP contribution is -2.15. The van der Waals surface area contributed by atoms with E-state index in [0.717, 1.165) is 5.69 Å². The van der Waals surface area contributed by atoms with E-state index in [1.165, 1.54) is 17.1 Å². The first-order valence-corrected chi connectivity index (χ1v) is 8.21. The van der Waals surface area contributed by atoms with Crippen LogP contribution in [0.2, 0.25) is 5.02 Å². The molecule has 0 aliphatic carbocycles. The highest BCUT2D eigenvalue weighted by Crippen LogP contribution is 2.14. The van der Waals surface area contributed by atoms with Crippen molar-refractivity contribution >= 4 is 29.2 Å². The normalized spacial score (nSPS) is 10.4. The highest BCUT2D eigenvalue weighted by Gasteiger charge is 2.14. The van der Waals surface area contributed by atoms with Gasteiger partial charge >= 0.3 is 5.97 Å². The number of benzene rings is 2. The topological polar surface area (TPSA) is 86.1 Å². The predicted molar refractivity (Wildman–Crippen MR) is 96.7 cm³/mol. The van der Waals surface area contributed by atoms with Crippen LogP contribution in [0.15, 0.2) is 54.9 Å². The Labute approximate surface area is 154 Å². The number of carbonyl (C=O) groups excluding carboxylic acids is 2. The van der Waals surface area contributed by atoms with Crippen LogP contribution in [0.3, 0.4) is 0 Å². The number of halogens is 1. The molecule has 1 heterocycles. The molecule has 0 unspecified atom stereocenters. The molecule has 0 bridgehead atoms. The summed E-state index contributed by atoms with van der Waals surface area (Å²) in [6.07, 6.45) is 1.44. The van der Waals surface area contributed by atoms with E-state index < -0.39 is 11.9 Å². The molecule has 1 aromatic heterocycles. The molecule has 3 aromatic rings. The maximum absolute atomic E-state index is 12.3. The quantitative estimate of drug-likeness (QED) is 0.696. The molecule has 0 fully saturated rings. The molecule has 1 N–H and O–H groups in total. The largest absolute Gasteiger partial charge is 0.462 e. The van der Waals surface area contributed by atoms with Crippen LogP contribution in [0, 0.1) is 0 Å². The number of esters is 1. The smallest absolute Gasteiger partial charge is 0.338 e. The molecule has 2 aromatic carbocycles. The first-order chi connectivity index (χ1) is 12.6. The van der Waals surface area contributed by atoms with Gasteiger partial charge in [-0.1, -0.05) is 17.7 Å². The molecule has 0 spiro atoms. The summed E-state index contributed by atoms with van der Waals surface area (Å²) in [4.78, 5) is 28.1. The monoisotopic (exact) mass is 370 g/mol. The number of nitrogens with one attached hydrogen (secondary N) is 1. The number of aromatic nitrogens is 3. The summed E-state index contributed by atoms with van der Waals surface area (Å²) in [6, 6.07) is 13.4. The Hall–Kier alpha value is -3.19. The fraction of sp³-hybridized carbons (Fsp3) is 0.111. The lowest BCUT2D eigenvalue weighted by Gasteiger charge is -2.05. The van der Waals surface area contributed by atoms with E-state index in [4.69, 9.17) is 16.3 Å². The second-order valence-electron chi connectivity index (χ2n) is 5.24. The molecule has 0 radical (unpaired) electrons. The fourth-order valence-corrected chi connectivity index (χ4v) is 2.34. The van der Waals surface area contributed by atoms with Gasteiger partial charge in [-0.25, -0.2) is 14.5 Å². The molecular formula is C18H15ClN4O3. The Morgan fingerprint density at radius 1 is 1.19 bits per heavy atom. The van der Waals surface area contributed by atoms with E-state index in [9.17, 15) is 9.59 Å². The van der Waals surface area contributed by atoms with Gasteiger partial charge in [0.15, 0.2) is 0 Å². The van der Waals surface area contributed by atoms with Gasteiger partial charge in [0, 0.05) is 10.7 Å². The molecule has 26 heavy (non-hydrogen) atoms. The summed E-state index contributed by atoms with van der Waals surface area (Å²) in [7, 11) is 0. The van der Waals surface area contributed by atoms with E-state index in [1.54, 1.807) is 49.4 Å². The van der Waals surface area contributed by atoms with Crippen molar-refractivity contribution in [3.8, 4) is 5.69 Å². The van der Waals surface area contributed by atoms with Crippen LogP contribution in [0.25, 0.3) is 5.69 Å². The first-order valence-electron chi connectivity index (χ1n) is 7.83. The van der Waals surface area contributed by atoms with E-state index in [1.807, 2.05) is 0 Å². The Balaban J connectivity index is 1.74. The minimum atomic E-state index is -0.487. The SMILES string of the molecule is CCOC(=O)c1cccc(NC(=O)c2ncn(-c3ccc(Cl)cc3)n2)c1. The lowest BCUT2D eigenvalue weighted by molar-refractivity contribution is 0.0526. The fourth-order valence-electron chi connectivity index (χ4n) is 2.21. The van der Waals surface area contributed by atoms with Gasteiger partial charge in [-0.05, 0) is 49.4 Å². The second-order valence-corrected chi connectivity index (χ2v) is 5.68. The third-order valence-corrected chi connectivity index (χ3v) is 3.67. The number of anilines is 1. The summed E-state index contributed by atoms with van der Waals surface area (Å²) in [6.45, 7) is 2.01. The number of rotatable bonds is 5. The molecule has 132 valence electrons. The van der Waals surface area contributed by atoms with E-state index in [0.29, 0.717) is 16.3 Å².